The molecular formula is C22H26N4O2S. The van der Waals surface area contributed by atoms with Crippen molar-refractivity contribution in [2.75, 3.05) is 12.9 Å². The van der Waals surface area contributed by atoms with E-state index in [0.717, 1.165) is 23.4 Å². The van der Waals surface area contributed by atoms with Crippen LogP contribution >= 0.6 is 11.8 Å². The minimum absolute atomic E-state index is 0.0211. The third-order valence-electron chi connectivity index (χ3n) is 4.70. The molecule has 0 aliphatic carbocycles. The van der Waals surface area contributed by atoms with Crippen LogP contribution in [0.15, 0.2) is 53.9 Å². The summed E-state index contributed by atoms with van der Waals surface area (Å²) in [5.41, 5.74) is 4.56. The lowest BCUT2D eigenvalue weighted by Gasteiger charge is -2.14. The number of thioether (sulfide) groups is 1. The second kappa shape index (κ2) is 9.60. The Morgan fingerprint density at radius 2 is 2.03 bits per heavy atom. The molecule has 0 spiro atoms. The number of carbonyl (C=O) groups excluding carboxylic acids is 1. The summed E-state index contributed by atoms with van der Waals surface area (Å²) in [5, 5.41) is 11.9. The van der Waals surface area contributed by atoms with Gasteiger partial charge in [0.25, 0.3) is 0 Å². The lowest BCUT2D eigenvalue weighted by Crippen LogP contribution is -2.35. The van der Waals surface area contributed by atoms with Crippen molar-refractivity contribution < 1.29 is 9.53 Å². The van der Waals surface area contributed by atoms with Crippen LogP contribution in [-0.2, 0) is 11.2 Å². The first-order valence-electron chi connectivity index (χ1n) is 9.49. The van der Waals surface area contributed by atoms with E-state index in [0.29, 0.717) is 5.16 Å². The van der Waals surface area contributed by atoms with Crippen molar-refractivity contribution in [2.24, 2.45) is 0 Å². The Morgan fingerprint density at radius 1 is 1.21 bits per heavy atom. The van der Waals surface area contributed by atoms with Gasteiger partial charge in [0.1, 0.15) is 12.1 Å². The Hall–Kier alpha value is -2.80. The van der Waals surface area contributed by atoms with E-state index in [2.05, 4.69) is 41.5 Å². The molecule has 0 aliphatic heterocycles. The highest BCUT2D eigenvalue weighted by Crippen LogP contribution is 2.21. The van der Waals surface area contributed by atoms with Crippen LogP contribution in [0.5, 0.6) is 5.75 Å². The molecule has 0 radical (unpaired) electrons. The van der Waals surface area contributed by atoms with E-state index in [1.54, 1.807) is 13.4 Å². The van der Waals surface area contributed by atoms with Gasteiger partial charge in [-0.05, 0) is 68.1 Å². The van der Waals surface area contributed by atoms with E-state index in [1.165, 1.54) is 22.9 Å². The molecule has 1 atom stereocenters. The van der Waals surface area contributed by atoms with Crippen LogP contribution < -0.4 is 10.1 Å². The fourth-order valence-electron chi connectivity index (χ4n) is 3.03. The molecular weight excluding hydrogens is 384 g/mol. The number of amides is 1. The van der Waals surface area contributed by atoms with Gasteiger partial charge in [0, 0.05) is 11.7 Å². The van der Waals surface area contributed by atoms with Crippen molar-refractivity contribution in [3.63, 3.8) is 0 Å². The summed E-state index contributed by atoms with van der Waals surface area (Å²) in [6.45, 7) is 6.16. The Labute approximate surface area is 175 Å². The Morgan fingerprint density at radius 3 is 2.79 bits per heavy atom. The van der Waals surface area contributed by atoms with Gasteiger partial charge in [-0.1, -0.05) is 30.0 Å². The summed E-state index contributed by atoms with van der Waals surface area (Å²) < 4.78 is 7.16. The molecule has 1 aromatic heterocycles. The molecule has 29 heavy (non-hydrogen) atoms. The highest BCUT2D eigenvalue weighted by molar-refractivity contribution is 7.99. The van der Waals surface area contributed by atoms with Crippen molar-refractivity contribution in [1.82, 2.24) is 20.1 Å². The zero-order valence-electron chi connectivity index (χ0n) is 17.2. The maximum atomic E-state index is 12.4. The summed E-state index contributed by atoms with van der Waals surface area (Å²) in [4.78, 5) is 12.4. The van der Waals surface area contributed by atoms with Gasteiger partial charge in [0.05, 0.1) is 12.9 Å². The third-order valence-corrected chi connectivity index (χ3v) is 5.64. The molecule has 0 fully saturated rings. The van der Waals surface area contributed by atoms with Crippen LogP contribution in [-0.4, -0.2) is 39.6 Å². The number of nitrogens with one attached hydrogen (secondary N) is 1. The van der Waals surface area contributed by atoms with Crippen LogP contribution in [0.4, 0.5) is 0 Å². The molecule has 1 N–H and O–H groups in total. The molecule has 0 saturated carbocycles. The minimum atomic E-state index is -0.0277. The maximum absolute atomic E-state index is 12.4. The smallest absolute Gasteiger partial charge is 0.230 e. The number of nitrogens with zero attached hydrogens (tertiary/aromatic N) is 3. The van der Waals surface area contributed by atoms with Crippen LogP contribution in [0.25, 0.3) is 5.69 Å². The van der Waals surface area contributed by atoms with Crippen molar-refractivity contribution in [1.29, 1.82) is 0 Å². The van der Waals surface area contributed by atoms with E-state index >= 15 is 0 Å². The fraction of sp³-hybridized carbons (Fsp3) is 0.318. The van der Waals surface area contributed by atoms with Gasteiger partial charge < -0.3 is 10.1 Å². The molecule has 1 heterocycles. The molecule has 0 bridgehead atoms. The maximum Gasteiger partial charge on any atom is 0.230 e. The second-order valence-electron chi connectivity index (χ2n) is 7.06. The van der Waals surface area contributed by atoms with E-state index < -0.39 is 0 Å². The van der Waals surface area contributed by atoms with Gasteiger partial charge in [-0.25, -0.2) is 0 Å². The topological polar surface area (TPSA) is 69.0 Å². The Bertz CT molecular complexity index is 986. The van der Waals surface area contributed by atoms with Crippen LogP contribution in [0.1, 0.15) is 23.6 Å². The van der Waals surface area contributed by atoms with E-state index in [9.17, 15) is 4.79 Å². The average molecular weight is 411 g/mol. The lowest BCUT2D eigenvalue weighted by atomic mass is 10.1. The van der Waals surface area contributed by atoms with Crippen molar-refractivity contribution in [3.05, 3.63) is 65.5 Å². The Balaban J connectivity index is 1.56. The molecule has 2 aromatic carbocycles. The Kier molecular flexibility index (Phi) is 6.93. The molecule has 152 valence electrons. The number of carbonyl (C=O) groups is 1. The first-order chi connectivity index (χ1) is 14.0. The SMILES string of the molecule is COc1cccc(CC(C)NC(=O)CSc2nncn2-c2ccc(C)c(C)c2)c1. The predicted octanol–water partition coefficient (Wildman–Crippen LogP) is 3.73. The predicted molar refractivity (Wildman–Crippen MR) is 116 cm³/mol. The zero-order chi connectivity index (χ0) is 20.8. The molecule has 0 aliphatic rings. The van der Waals surface area contributed by atoms with Gasteiger partial charge in [0.15, 0.2) is 5.16 Å². The minimum Gasteiger partial charge on any atom is -0.497 e. The number of aromatic nitrogens is 3. The molecule has 0 saturated heterocycles. The first kappa shape index (κ1) is 20.9. The number of rotatable bonds is 8. The lowest BCUT2D eigenvalue weighted by molar-refractivity contribution is -0.119. The number of ether oxygens (including phenoxy) is 1. The van der Waals surface area contributed by atoms with E-state index in [4.69, 9.17) is 4.74 Å². The fourth-order valence-corrected chi connectivity index (χ4v) is 3.77. The van der Waals surface area contributed by atoms with Gasteiger partial charge in [0.2, 0.25) is 5.91 Å². The van der Waals surface area contributed by atoms with E-state index in [1.807, 2.05) is 41.8 Å². The highest BCUT2D eigenvalue weighted by Gasteiger charge is 2.13. The van der Waals surface area contributed by atoms with Gasteiger partial charge in [-0.2, -0.15) is 0 Å². The van der Waals surface area contributed by atoms with Crippen molar-refractivity contribution in [2.45, 2.75) is 38.4 Å². The molecule has 3 rings (SSSR count). The number of aryl methyl sites for hydroxylation is 2. The average Bonchev–Trinajstić information content (AvgIpc) is 3.17. The number of methoxy groups -OCH3 is 1. The van der Waals surface area contributed by atoms with Crippen molar-refractivity contribution in [3.8, 4) is 11.4 Å². The highest BCUT2D eigenvalue weighted by atomic mass is 32.2. The normalized spacial score (nSPS) is 11.9. The summed E-state index contributed by atoms with van der Waals surface area (Å²) in [7, 11) is 1.65. The standard InChI is InChI=1S/C22H26N4O2S/c1-15-8-9-19(10-16(15)2)26-14-23-25-22(26)29-13-21(27)24-17(3)11-18-6-5-7-20(12-18)28-4/h5-10,12,14,17H,11,13H2,1-4H3,(H,24,27). The first-order valence-corrected chi connectivity index (χ1v) is 10.5. The monoisotopic (exact) mass is 410 g/mol. The second-order valence-corrected chi connectivity index (χ2v) is 8.01. The number of hydrogen-bond donors (Lipinski definition) is 1. The number of benzene rings is 2. The van der Waals surface area contributed by atoms with E-state index in [-0.39, 0.29) is 17.7 Å². The van der Waals surface area contributed by atoms with Crippen LogP contribution in [0, 0.1) is 13.8 Å². The molecule has 1 unspecified atom stereocenters. The molecule has 3 aromatic rings. The summed E-state index contributed by atoms with van der Waals surface area (Å²) in [6, 6.07) is 14.1. The van der Waals surface area contributed by atoms with Gasteiger partial charge in [-0.3, -0.25) is 9.36 Å². The molecule has 7 heteroatoms. The zero-order valence-corrected chi connectivity index (χ0v) is 18.0. The molecule has 6 nitrogen and oxygen atoms in total. The summed E-state index contributed by atoms with van der Waals surface area (Å²) >= 11 is 1.38. The van der Waals surface area contributed by atoms with Gasteiger partial charge in [-0.15, -0.1) is 10.2 Å². The number of hydrogen-bond acceptors (Lipinski definition) is 5. The van der Waals surface area contributed by atoms with Crippen LogP contribution in [0.3, 0.4) is 0 Å². The summed E-state index contributed by atoms with van der Waals surface area (Å²) in [5.74, 6) is 1.08. The third kappa shape index (κ3) is 5.60. The largest absolute Gasteiger partial charge is 0.497 e. The van der Waals surface area contributed by atoms with Gasteiger partial charge >= 0.3 is 0 Å². The summed E-state index contributed by atoms with van der Waals surface area (Å²) in [6.07, 6.45) is 2.42. The quantitative estimate of drug-likeness (QED) is 0.573. The van der Waals surface area contributed by atoms with Crippen LogP contribution in [0.2, 0.25) is 0 Å². The molecule has 1 amide bonds. The van der Waals surface area contributed by atoms with Crippen molar-refractivity contribution >= 4 is 17.7 Å².